The van der Waals surface area contributed by atoms with E-state index < -0.39 is 5.72 Å². The molecule has 3 saturated carbocycles. The van der Waals surface area contributed by atoms with Crippen LogP contribution in [0.15, 0.2) is 42.7 Å². The molecule has 4 fully saturated rings. The fourth-order valence-corrected chi connectivity index (χ4v) is 6.08. The van der Waals surface area contributed by atoms with E-state index in [1.165, 1.54) is 0 Å². The van der Waals surface area contributed by atoms with Crippen LogP contribution in [-0.4, -0.2) is 58.6 Å². The Morgan fingerprint density at radius 2 is 1.84 bits per heavy atom. The number of piperazine rings is 1. The summed E-state index contributed by atoms with van der Waals surface area (Å²) in [6.45, 7) is 2.88. The number of carbonyl (C=O) groups is 2. The molecule has 8 nitrogen and oxygen atoms in total. The van der Waals surface area contributed by atoms with E-state index in [9.17, 15) is 9.59 Å². The second-order valence-electron chi connectivity index (χ2n) is 9.38. The summed E-state index contributed by atoms with van der Waals surface area (Å²) in [5, 5.41) is 3.18. The number of aromatic nitrogens is 2. The average Bonchev–Trinajstić information content (AvgIpc) is 2.84. The van der Waals surface area contributed by atoms with Crippen LogP contribution in [0, 0.1) is 17.8 Å². The summed E-state index contributed by atoms with van der Waals surface area (Å²) in [5.41, 5.74) is -0.0819. The van der Waals surface area contributed by atoms with Crippen molar-refractivity contribution in [2.75, 3.05) is 31.1 Å². The zero-order valence-corrected chi connectivity index (χ0v) is 17.9. The Morgan fingerprint density at radius 3 is 2.59 bits per heavy atom. The van der Waals surface area contributed by atoms with Crippen LogP contribution in [0.1, 0.15) is 36.0 Å². The summed E-state index contributed by atoms with van der Waals surface area (Å²) in [6.07, 6.45) is 6.97. The number of benzene rings is 1. The van der Waals surface area contributed by atoms with Crippen molar-refractivity contribution in [1.82, 2.24) is 20.2 Å². The van der Waals surface area contributed by atoms with E-state index in [1.807, 2.05) is 29.2 Å². The Labute approximate surface area is 187 Å². The van der Waals surface area contributed by atoms with Gasteiger partial charge in [-0.3, -0.25) is 9.59 Å². The number of nitrogens with zero attached hydrogens (tertiary/aromatic N) is 4. The number of amides is 2. The first-order valence-corrected chi connectivity index (χ1v) is 11.5. The van der Waals surface area contributed by atoms with Crippen LogP contribution in [-0.2, 0) is 4.79 Å². The fourth-order valence-electron chi connectivity index (χ4n) is 6.08. The minimum Gasteiger partial charge on any atom is -0.467 e. The molecule has 166 valence electrons. The third kappa shape index (κ3) is 3.12. The molecule has 1 aromatic carbocycles. The van der Waals surface area contributed by atoms with Gasteiger partial charge in [-0.25, -0.2) is 9.97 Å². The number of rotatable bonds is 2. The van der Waals surface area contributed by atoms with Crippen molar-refractivity contribution in [3.8, 4) is 5.75 Å². The molecule has 1 spiro atoms. The van der Waals surface area contributed by atoms with Gasteiger partial charge >= 0.3 is 0 Å². The quantitative estimate of drug-likeness (QED) is 0.780. The second kappa shape index (κ2) is 7.46. The molecule has 1 saturated heterocycles. The van der Waals surface area contributed by atoms with Crippen LogP contribution in [0.3, 0.4) is 0 Å². The minimum atomic E-state index is -0.672. The van der Waals surface area contributed by atoms with Gasteiger partial charge in [0.2, 0.25) is 11.9 Å². The number of hydrogen-bond acceptors (Lipinski definition) is 6. The smallest absolute Gasteiger partial charge is 0.258 e. The number of para-hydroxylation sites is 1. The normalized spacial score (nSPS) is 31.1. The van der Waals surface area contributed by atoms with Crippen molar-refractivity contribution in [3.05, 3.63) is 48.3 Å². The SMILES string of the molecule is O=C1N[C@]2(C[C@H]3CC[C@H]2C[C@H]3C(=O)N2CCN(c3ncccn3)CC2)Oc2ccccc21. The lowest BCUT2D eigenvalue weighted by Gasteiger charge is -2.55. The van der Waals surface area contributed by atoms with Crippen molar-refractivity contribution in [1.29, 1.82) is 0 Å². The monoisotopic (exact) mass is 433 g/mol. The Morgan fingerprint density at radius 1 is 1.06 bits per heavy atom. The van der Waals surface area contributed by atoms with Crippen LogP contribution in [0.5, 0.6) is 5.75 Å². The van der Waals surface area contributed by atoms with Crippen molar-refractivity contribution >= 4 is 17.8 Å². The highest BCUT2D eigenvalue weighted by Gasteiger charge is 2.57. The molecule has 7 rings (SSSR count). The van der Waals surface area contributed by atoms with Crippen molar-refractivity contribution in [3.63, 3.8) is 0 Å². The van der Waals surface area contributed by atoms with Crippen LogP contribution in [0.2, 0.25) is 0 Å². The first kappa shape index (κ1) is 19.5. The maximum atomic E-state index is 13.5. The van der Waals surface area contributed by atoms with E-state index in [-0.39, 0.29) is 29.6 Å². The van der Waals surface area contributed by atoms with Gasteiger partial charge in [-0.05, 0) is 43.4 Å². The molecule has 2 bridgehead atoms. The molecular weight excluding hydrogens is 406 g/mol. The second-order valence-corrected chi connectivity index (χ2v) is 9.38. The highest BCUT2D eigenvalue weighted by Crippen LogP contribution is 2.52. The van der Waals surface area contributed by atoms with E-state index in [4.69, 9.17) is 4.74 Å². The van der Waals surface area contributed by atoms with Gasteiger partial charge in [-0.2, -0.15) is 0 Å². The molecule has 0 radical (unpaired) electrons. The van der Waals surface area contributed by atoms with Gasteiger partial charge in [0.1, 0.15) is 5.75 Å². The number of nitrogens with one attached hydrogen (secondary N) is 1. The lowest BCUT2D eigenvalue weighted by molar-refractivity contribution is -0.155. The van der Waals surface area contributed by atoms with E-state index in [2.05, 4.69) is 20.2 Å². The molecule has 3 heterocycles. The summed E-state index contributed by atoms with van der Waals surface area (Å²) in [7, 11) is 0. The van der Waals surface area contributed by atoms with Gasteiger partial charge in [0.25, 0.3) is 5.91 Å². The zero-order valence-electron chi connectivity index (χ0n) is 17.9. The Balaban J connectivity index is 1.14. The molecule has 32 heavy (non-hydrogen) atoms. The Hall–Kier alpha value is -3.16. The Kier molecular flexibility index (Phi) is 4.55. The molecule has 2 amide bonds. The molecule has 1 N–H and O–H groups in total. The van der Waals surface area contributed by atoms with E-state index in [1.54, 1.807) is 18.5 Å². The van der Waals surface area contributed by atoms with E-state index in [0.29, 0.717) is 30.8 Å². The molecule has 3 aliphatic carbocycles. The van der Waals surface area contributed by atoms with Gasteiger partial charge in [-0.1, -0.05) is 12.1 Å². The first-order chi connectivity index (χ1) is 15.6. The third-order valence-corrected chi connectivity index (χ3v) is 7.71. The minimum absolute atomic E-state index is 0.0107. The summed E-state index contributed by atoms with van der Waals surface area (Å²) in [6, 6.07) is 9.23. The Bertz CT molecular complexity index is 1040. The van der Waals surface area contributed by atoms with Crippen molar-refractivity contribution in [2.24, 2.45) is 17.8 Å². The molecule has 1 aromatic heterocycles. The van der Waals surface area contributed by atoms with Gasteiger partial charge < -0.3 is 19.9 Å². The molecule has 8 heteroatoms. The van der Waals surface area contributed by atoms with E-state index >= 15 is 0 Å². The maximum Gasteiger partial charge on any atom is 0.258 e. The first-order valence-electron chi connectivity index (χ1n) is 11.5. The van der Waals surface area contributed by atoms with Crippen LogP contribution in [0.4, 0.5) is 5.95 Å². The number of hydrogen-bond donors (Lipinski definition) is 1. The van der Waals surface area contributed by atoms with E-state index in [0.717, 1.165) is 38.3 Å². The molecule has 5 aliphatic rings. The average molecular weight is 434 g/mol. The van der Waals surface area contributed by atoms with Crippen molar-refractivity contribution in [2.45, 2.75) is 31.4 Å². The highest BCUT2D eigenvalue weighted by atomic mass is 16.5. The fraction of sp³-hybridized carbons (Fsp3) is 0.500. The largest absolute Gasteiger partial charge is 0.467 e. The number of anilines is 1. The maximum absolute atomic E-state index is 13.5. The van der Waals surface area contributed by atoms with Gasteiger partial charge in [0, 0.05) is 56.8 Å². The lowest BCUT2D eigenvalue weighted by atomic mass is 9.59. The van der Waals surface area contributed by atoms with Crippen LogP contribution < -0.4 is 15.0 Å². The number of ether oxygens (including phenoxy) is 1. The molecule has 4 atom stereocenters. The topological polar surface area (TPSA) is 87.7 Å². The lowest BCUT2D eigenvalue weighted by Crippen LogP contribution is -2.67. The third-order valence-electron chi connectivity index (χ3n) is 7.71. The van der Waals surface area contributed by atoms with Gasteiger partial charge in [0.15, 0.2) is 5.72 Å². The summed E-state index contributed by atoms with van der Waals surface area (Å²) < 4.78 is 6.42. The van der Waals surface area contributed by atoms with Crippen molar-refractivity contribution < 1.29 is 14.3 Å². The molecule has 0 unspecified atom stereocenters. The van der Waals surface area contributed by atoms with Gasteiger partial charge in [-0.15, -0.1) is 0 Å². The molecule has 2 aliphatic heterocycles. The zero-order chi connectivity index (χ0) is 21.7. The summed E-state index contributed by atoms with van der Waals surface area (Å²) in [4.78, 5) is 39.0. The summed E-state index contributed by atoms with van der Waals surface area (Å²) in [5.74, 6) is 1.96. The van der Waals surface area contributed by atoms with Gasteiger partial charge in [0.05, 0.1) is 5.56 Å². The van der Waals surface area contributed by atoms with Crippen LogP contribution in [0.25, 0.3) is 0 Å². The number of carbonyl (C=O) groups excluding carboxylic acids is 2. The molecule has 2 aromatic rings. The van der Waals surface area contributed by atoms with Crippen LogP contribution >= 0.6 is 0 Å². The predicted octanol–water partition coefficient (Wildman–Crippen LogP) is 2.08. The number of fused-ring (bicyclic) bond motifs is 3. The highest BCUT2D eigenvalue weighted by molar-refractivity contribution is 5.98. The predicted molar refractivity (Wildman–Crippen MR) is 117 cm³/mol. The summed E-state index contributed by atoms with van der Waals surface area (Å²) >= 11 is 0. The standard InChI is InChI=1S/C24H27N5O3/c30-21-18-4-1-2-5-20(18)32-24(27-21)15-16-6-7-17(24)14-19(16)22(31)28-10-12-29(13-11-28)23-25-8-3-9-26-23/h1-5,8-9,16-17,19H,6-7,10-15H2,(H,27,30)/t16-,17+,19-,24-/m1/s1. The molecular formula is C24H27N5O3.